The van der Waals surface area contributed by atoms with Crippen molar-refractivity contribution in [1.82, 2.24) is 9.55 Å². The first-order valence-corrected chi connectivity index (χ1v) is 7.23. The molecule has 1 aliphatic rings. The second kappa shape index (κ2) is 5.76. The summed E-state index contributed by atoms with van der Waals surface area (Å²) in [5.74, 6) is -0.468. The van der Waals surface area contributed by atoms with Gasteiger partial charge in [0.25, 0.3) is 0 Å². The van der Waals surface area contributed by atoms with Crippen molar-refractivity contribution in [3.63, 3.8) is 0 Å². The van der Waals surface area contributed by atoms with Crippen LogP contribution in [0.25, 0.3) is 0 Å². The molecule has 0 spiro atoms. The summed E-state index contributed by atoms with van der Waals surface area (Å²) < 4.78 is 30.4. The van der Waals surface area contributed by atoms with Crippen molar-refractivity contribution in [2.24, 2.45) is 0 Å². The molecule has 6 heteroatoms. The van der Waals surface area contributed by atoms with Crippen LogP contribution in [0.4, 0.5) is 14.5 Å². The van der Waals surface area contributed by atoms with Crippen LogP contribution in [0.15, 0.2) is 24.5 Å². The molecule has 0 radical (unpaired) electrons. The van der Waals surface area contributed by atoms with E-state index in [4.69, 9.17) is 5.26 Å². The van der Waals surface area contributed by atoms with Crippen molar-refractivity contribution in [1.29, 1.82) is 5.26 Å². The summed E-state index contributed by atoms with van der Waals surface area (Å²) >= 11 is 0. The lowest BCUT2D eigenvalue weighted by Gasteiger charge is -2.28. The smallest absolute Gasteiger partial charge is 0.150 e. The molecule has 0 unspecified atom stereocenters. The zero-order valence-corrected chi connectivity index (χ0v) is 12.3. The Labute approximate surface area is 127 Å². The molecule has 0 bridgehead atoms. The first kappa shape index (κ1) is 14.5. The van der Waals surface area contributed by atoms with Crippen LogP contribution >= 0.6 is 0 Å². The van der Waals surface area contributed by atoms with Gasteiger partial charge in [0.15, 0.2) is 11.6 Å². The molecule has 1 aliphatic heterocycles. The molecule has 1 atom stereocenters. The number of rotatable bonds is 3. The molecule has 1 aromatic carbocycles. The Morgan fingerprint density at radius 1 is 1.36 bits per heavy atom. The van der Waals surface area contributed by atoms with Crippen LogP contribution in [0.5, 0.6) is 0 Å². The fraction of sp³-hybridized carbons (Fsp3) is 0.375. The third-order valence-electron chi connectivity index (χ3n) is 4.14. The largest absolute Gasteiger partial charge is 0.362 e. The molecule has 0 aliphatic carbocycles. The van der Waals surface area contributed by atoms with Crippen LogP contribution in [-0.4, -0.2) is 22.1 Å². The van der Waals surface area contributed by atoms with E-state index in [0.717, 1.165) is 30.8 Å². The lowest BCUT2D eigenvalue weighted by molar-refractivity contribution is 0.516. The normalized spacial score (nSPS) is 17.7. The predicted molar refractivity (Wildman–Crippen MR) is 78.4 cm³/mol. The van der Waals surface area contributed by atoms with Crippen LogP contribution in [0.2, 0.25) is 0 Å². The van der Waals surface area contributed by atoms with E-state index in [1.807, 2.05) is 17.7 Å². The number of aromatic nitrogens is 2. The maximum Gasteiger partial charge on any atom is 0.150 e. The molecular weight excluding hydrogens is 286 g/mol. The van der Waals surface area contributed by atoms with Gasteiger partial charge in [-0.2, -0.15) is 5.26 Å². The van der Waals surface area contributed by atoms with Gasteiger partial charge in [-0.1, -0.05) is 0 Å². The maximum absolute atomic E-state index is 14.2. The summed E-state index contributed by atoms with van der Waals surface area (Å²) in [4.78, 5) is 5.94. The van der Waals surface area contributed by atoms with E-state index in [1.54, 1.807) is 17.2 Å². The molecule has 2 aromatic rings. The summed E-state index contributed by atoms with van der Waals surface area (Å²) in [6, 6.07) is 3.98. The summed E-state index contributed by atoms with van der Waals surface area (Å²) in [5.41, 5.74) is -0.0285. The van der Waals surface area contributed by atoms with Gasteiger partial charge in [0.05, 0.1) is 11.6 Å². The number of benzene rings is 1. The van der Waals surface area contributed by atoms with Crippen molar-refractivity contribution in [2.45, 2.75) is 32.4 Å². The third kappa shape index (κ3) is 2.54. The second-order valence-corrected chi connectivity index (χ2v) is 5.52. The number of aryl methyl sites for hydroxylation is 1. The highest BCUT2D eigenvalue weighted by atomic mass is 19.1. The van der Waals surface area contributed by atoms with Gasteiger partial charge in [-0.3, -0.25) is 0 Å². The number of halogens is 2. The lowest BCUT2D eigenvalue weighted by Crippen LogP contribution is -2.34. The summed E-state index contributed by atoms with van der Waals surface area (Å²) in [5, 5.41) is 8.79. The van der Waals surface area contributed by atoms with Gasteiger partial charge in [-0.25, -0.2) is 13.8 Å². The molecule has 0 N–H and O–H groups in total. The summed E-state index contributed by atoms with van der Waals surface area (Å²) in [7, 11) is 0. The van der Waals surface area contributed by atoms with Gasteiger partial charge >= 0.3 is 0 Å². The zero-order chi connectivity index (χ0) is 15.7. The van der Waals surface area contributed by atoms with E-state index in [2.05, 4.69) is 4.98 Å². The highest BCUT2D eigenvalue weighted by molar-refractivity contribution is 5.54. The Morgan fingerprint density at radius 3 is 2.68 bits per heavy atom. The Balaban J connectivity index is 1.91. The third-order valence-corrected chi connectivity index (χ3v) is 4.14. The van der Waals surface area contributed by atoms with Gasteiger partial charge in [0.1, 0.15) is 11.5 Å². The molecular formula is C16H16F2N4. The average Bonchev–Trinajstić information content (AvgIpc) is 3.09. The van der Waals surface area contributed by atoms with Crippen LogP contribution in [0.3, 0.4) is 0 Å². The molecule has 2 heterocycles. The minimum absolute atomic E-state index is 0.0000454. The quantitative estimate of drug-likeness (QED) is 0.875. The predicted octanol–water partition coefficient (Wildman–Crippen LogP) is 3.01. The van der Waals surface area contributed by atoms with Crippen molar-refractivity contribution in [3.8, 4) is 6.07 Å². The Morgan fingerprint density at radius 2 is 2.09 bits per heavy atom. The van der Waals surface area contributed by atoms with Crippen molar-refractivity contribution >= 4 is 5.69 Å². The fourth-order valence-electron chi connectivity index (χ4n) is 3.05. The topological polar surface area (TPSA) is 44.9 Å². The maximum atomic E-state index is 14.2. The minimum Gasteiger partial charge on any atom is -0.362 e. The van der Waals surface area contributed by atoms with Crippen molar-refractivity contribution < 1.29 is 8.78 Å². The number of nitriles is 1. The van der Waals surface area contributed by atoms with Crippen molar-refractivity contribution in [3.05, 3.63) is 47.5 Å². The summed E-state index contributed by atoms with van der Waals surface area (Å²) in [6.07, 6.45) is 5.35. The average molecular weight is 302 g/mol. The molecule has 1 aromatic heterocycles. The van der Waals surface area contributed by atoms with Gasteiger partial charge in [-0.15, -0.1) is 0 Å². The Kier molecular flexibility index (Phi) is 3.80. The van der Waals surface area contributed by atoms with Crippen LogP contribution < -0.4 is 4.90 Å². The summed E-state index contributed by atoms with van der Waals surface area (Å²) in [6.45, 7) is 3.16. The molecule has 0 saturated carbocycles. The molecule has 22 heavy (non-hydrogen) atoms. The standard InChI is InChI=1S/C16H16F2N4/c1-11-20-4-6-21(11)10-13-3-2-5-22(13)16-14(17)7-12(9-19)8-15(16)18/h4,6-8,13H,2-3,5,10H2,1H3/t13-/m1/s1. The number of anilines is 1. The minimum atomic E-state index is -0.675. The molecule has 3 rings (SSSR count). The second-order valence-electron chi connectivity index (χ2n) is 5.52. The van der Waals surface area contributed by atoms with E-state index in [1.165, 1.54) is 0 Å². The number of hydrogen-bond acceptors (Lipinski definition) is 3. The highest BCUT2D eigenvalue weighted by Crippen LogP contribution is 2.32. The van der Waals surface area contributed by atoms with E-state index < -0.39 is 11.6 Å². The van der Waals surface area contributed by atoms with E-state index >= 15 is 0 Å². The van der Waals surface area contributed by atoms with Gasteiger partial charge in [0.2, 0.25) is 0 Å². The van der Waals surface area contributed by atoms with Crippen LogP contribution in [0, 0.1) is 29.9 Å². The molecule has 0 amide bonds. The van der Waals surface area contributed by atoms with Crippen LogP contribution in [0.1, 0.15) is 24.2 Å². The molecule has 4 nitrogen and oxygen atoms in total. The molecule has 114 valence electrons. The van der Waals surface area contributed by atoms with Gasteiger partial charge in [-0.05, 0) is 31.9 Å². The highest BCUT2D eigenvalue weighted by Gasteiger charge is 2.29. The number of hydrogen-bond donors (Lipinski definition) is 0. The first-order valence-electron chi connectivity index (χ1n) is 7.23. The SMILES string of the molecule is Cc1nccn1C[C@H]1CCCN1c1c(F)cc(C#N)cc1F. The van der Waals surface area contributed by atoms with E-state index in [-0.39, 0.29) is 17.3 Å². The van der Waals surface area contributed by atoms with E-state index in [9.17, 15) is 8.78 Å². The van der Waals surface area contributed by atoms with Gasteiger partial charge < -0.3 is 9.47 Å². The number of nitrogens with zero attached hydrogens (tertiary/aromatic N) is 4. The Hall–Kier alpha value is -2.42. The van der Waals surface area contributed by atoms with E-state index in [0.29, 0.717) is 13.1 Å². The molecule has 1 saturated heterocycles. The van der Waals surface area contributed by atoms with Gasteiger partial charge in [0, 0.05) is 31.5 Å². The van der Waals surface area contributed by atoms with Crippen LogP contribution in [-0.2, 0) is 6.54 Å². The monoisotopic (exact) mass is 302 g/mol. The lowest BCUT2D eigenvalue weighted by atomic mass is 10.1. The first-order chi connectivity index (χ1) is 10.6. The molecule has 1 fully saturated rings. The van der Waals surface area contributed by atoms with Crippen molar-refractivity contribution in [2.75, 3.05) is 11.4 Å². The fourth-order valence-corrected chi connectivity index (χ4v) is 3.05. The number of imidazole rings is 1. The zero-order valence-electron chi connectivity index (χ0n) is 12.3. The Bertz CT molecular complexity index is 709.